The van der Waals surface area contributed by atoms with Crippen molar-refractivity contribution in [2.24, 2.45) is 0 Å². The van der Waals surface area contributed by atoms with Gasteiger partial charge in [0.2, 0.25) is 0 Å². The van der Waals surface area contributed by atoms with Gasteiger partial charge in [-0.2, -0.15) is 0 Å². The molecule has 18 heavy (non-hydrogen) atoms. The average Bonchev–Trinajstić information content (AvgIpc) is 2.17. The zero-order valence-corrected chi connectivity index (χ0v) is 12.1. The molecule has 1 fully saturated rings. The maximum absolute atomic E-state index is 13.1. The van der Waals surface area contributed by atoms with E-state index in [1.165, 1.54) is 18.6 Å². The van der Waals surface area contributed by atoms with Crippen molar-refractivity contribution < 1.29 is 4.39 Å². The Morgan fingerprint density at radius 1 is 1.33 bits per heavy atom. The van der Waals surface area contributed by atoms with Gasteiger partial charge in [0, 0.05) is 22.5 Å². The van der Waals surface area contributed by atoms with E-state index in [-0.39, 0.29) is 16.8 Å². The normalized spacial score (nSPS) is 18.5. The van der Waals surface area contributed by atoms with Crippen LogP contribution in [0.3, 0.4) is 0 Å². The van der Waals surface area contributed by atoms with Crippen LogP contribution in [-0.4, -0.2) is 12.1 Å². The number of benzene rings is 1. The molecule has 0 atom stereocenters. The highest BCUT2D eigenvalue weighted by atomic mass is 35.5. The topological polar surface area (TPSA) is 12.0 Å². The summed E-state index contributed by atoms with van der Waals surface area (Å²) in [6.07, 6.45) is 3.47. The van der Waals surface area contributed by atoms with Crippen molar-refractivity contribution in [1.29, 1.82) is 0 Å². The molecule has 0 spiro atoms. The van der Waals surface area contributed by atoms with E-state index in [1.54, 1.807) is 0 Å². The average molecular weight is 270 g/mol. The van der Waals surface area contributed by atoms with E-state index < -0.39 is 0 Å². The van der Waals surface area contributed by atoms with Crippen LogP contribution in [0.5, 0.6) is 0 Å². The summed E-state index contributed by atoms with van der Waals surface area (Å²) in [5.74, 6) is -0.262. The molecule has 1 aliphatic rings. The molecule has 2 rings (SSSR count). The lowest BCUT2D eigenvalue weighted by atomic mass is 9.64. The molecule has 1 nitrogen and oxygen atoms in total. The molecule has 0 radical (unpaired) electrons. The molecular formula is C15H21ClFN. The van der Waals surface area contributed by atoms with Crippen LogP contribution >= 0.6 is 11.6 Å². The van der Waals surface area contributed by atoms with Crippen LogP contribution in [0.25, 0.3) is 0 Å². The van der Waals surface area contributed by atoms with Gasteiger partial charge in [0.1, 0.15) is 5.82 Å². The second-order valence-corrected chi connectivity index (χ2v) is 6.77. The summed E-state index contributed by atoms with van der Waals surface area (Å²) in [6.45, 7) is 7.38. The van der Waals surface area contributed by atoms with Crippen LogP contribution in [0.1, 0.15) is 45.6 Å². The van der Waals surface area contributed by atoms with Gasteiger partial charge in [0.25, 0.3) is 0 Å². The quantitative estimate of drug-likeness (QED) is 0.863. The van der Waals surface area contributed by atoms with E-state index >= 15 is 0 Å². The fourth-order valence-corrected chi connectivity index (χ4v) is 2.87. The summed E-state index contributed by atoms with van der Waals surface area (Å²) in [4.78, 5) is 0. The van der Waals surface area contributed by atoms with Crippen molar-refractivity contribution in [3.63, 3.8) is 0 Å². The van der Waals surface area contributed by atoms with Crippen LogP contribution in [0.4, 0.5) is 4.39 Å². The van der Waals surface area contributed by atoms with Gasteiger partial charge in [-0.15, -0.1) is 0 Å². The number of halogens is 2. The van der Waals surface area contributed by atoms with Gasteiger partial charge in [0.05, 0.1) is 0 Å². The second kappa shape index (κ2) is 4.82. The Balaban J connectivity index is 2.21. The lowest BCUT2D eigenvalue weighted by Gasteiger charge is -2.44. The van der Waals surface area contributed by atoms with E-state index in [9.17, 15) is 4.39 Å². The Labute approximate surface area is 114 Å². The number of hydrogen-bond acceptors (Lipinski definition) is 1. The summed E-state index contributed by atoms with van der Waals surface area (Å²) in [5, 5.41) is 4.11. The molecule has 1 aromatic carbocycles. The molecule has 3 heteroatoms. The Hall–Kier alpha value is -0.600. The number of nitrogens with one attached hydrogen (secondary N) is 1. The minimum atomic E-state index is -0.262. The van der Waals surface area contributed by atoms with Crippen molar-refractivity contribution in [1.82, 2.24) is 5.32 Å². The SMILES string of the molecule is CC(C)(C)NCC1(c2ccc(F)cc2Cl)CCC1. The molecule has 0 saturated heterocycles. The highest BCUT2D eigenvalue weighted by molar-refractivity contribution is 6.31. The maximum Gasteiger partial charge on any atom is 0.124 e. The Morgan fingerprint density at radius 3 is 2.44 bits per heavy atom. The van der Waals surface area contributed by atoms with Gasteiger partial charge in [-0.1, -0.05) is 24.1 Å². The molecule has 0 bridgehead atoms. The third-order valence-corrected chi connectivity index (χ3v) is 4.08. The fourth-order valence-electron chi connectivity index (χ4n) is 2.50. The molecule has 1 N–H and O–H groups in total. The summed E-state index contributed by atoms with van der Waals surface area (Å²) in [6, 6.07) is 4.79. The predicted molar refractivity (Wildman–Crippen MR) is 74.7 cm³/mol. The zero-order valence-electron chi connectivity index (χ0n) is 11.3. The Bertz CT molecular complexity index is 433. The van der Waals surface area contributed by atoms with Gasteiger partial charge in [-0.05, 0) is 51.3 Å². The molecule has 0 amide bonds. The summed E-state index contributed by atoms with van der Waals surface area (Å²) < 4.78 is 13.1. The van der Waals surface area contributed by atoms with E-state index in [2.05, 4.69) is 26.1 Å². The van der Waals surface area contributed by atoms with E-state index in [0.717, 1.165) is 24.9 Å². The molecule has 0 aromatic heterocycles. The zero-order chi connectivity index (χ0) is 13.4. The molecular weight excluding hydrogens is 249 g/mol. The summed E-state index contributed by atoms with van der Waals surface area (Å²) in [5.41, 5.74) is 1.28. The van der Waals surface area contributed by atoms with Crippen LogP contribution in [0.2, 0.25) is 5.02 Å². The third-order valence-electron chi connectivity index (χ3n) is 3.77. The van der Waals surface area contributed by atoms with Crippen molar-refractivity contribution >= 4 is 11.6 Å². The molecule has 0 heterocycles. The van der Waals surface area contributed by atoms with Crippen LogP contribution in [0.15, 0.2) is 18.2 Å². The van der Waals surface area contributed by atoms with Gasteiger partial charge in [-0.3, -0.25) is 0 Å². The van der Waals surface area contributed by atoms with Crippen molar-refractivity contribution in [3.05, 3.63) is 34.6 Å². The summed E-state index contributed by atoms with van der Waals surface area (Å²) in [7, 11) is 0. The number of hydrogen-bond donors (Lipinski definition) is 1. The number of rotatable bonds is 3. The molecule has 1 aromatic rings. The molecule has 1 saturated carbocycles. The standard InChI is InChI=1S/C15H21ClFN/c1-14(2,3)18-10-15(7-4-8-15)12-6-5-11(17)9-13(12)16/h5-6,9,18H,4,7-8,10H2,1-3H3. The minimum absolute atomic E-state index is 0.0924. The lowest BCUT2D eigenvalue weighted by molar-refractivity contribution is 0.213. The molecule has 0 unspecified atom stereocenters. The molecule has 100 valence electrons. The molecule has 0 aliphatic heterocycles. The first-order valence-electron chi connectivity index (χ1n) is 6.53. The van der Waals surface area contributed by atoms with E-state index in [0.29, 0.717) is 5.02 Å². The highest BCUT2D eigenvalue weighted by Crippen LogP contribution is 2.46. The van der Waals surface area contributed by atoms with Crippen molar-refractivity contribution in [3.8, 4) is 0 Å². The van der Waals surface area contributed by atoms with Crippen LogP contribution in [-0.2, 0) is 5.41 Å². The molecule has 1 aliphatic carbocycles. The van der Waals surface area contributed by atoms with Crippen LogP contribution < -0.4 is 5.32 Å². The monoisotopic (exact) mass is 269 g/mol. The Kier molecular flexibility index (Phi) is 3.70. The highest BCUT2D eigenvalue weighted by Gasteiger charge is 2.40. The van der Waals surface area contributed by atoms with Gasteiger partial charge in [0.15, 0.2) is 0 Å². The predicted octanol–water partition coefficient (Wildman–Crippen LogP) is 4.29. The first-order valence-corrected chi connectivity index (χ1v) is 6.91. The third kappa shape index (κ3) is 2.86. The van der Waals surface area contributed by atoms with Gasteiger partial charge < -0.3 is 5.32 Å². The van der Waals surface area contributed by atoms with E-state index in [1.807, 2.05) is 6.07 Å². The van der Waals surface area contributed by atoms with Crippen molar-refractivity contribution in [2.45, 2.75) is 51.0 Å². The van der Waals surface area contributed by atoms with Crippen molar-refractivity contribution in [2.75, 3.05) is 6.54 Å². The van der Waals surface area contributed by atoms with Gasteiger partial charge >= 0.3 is 0 Å². The first-order chi connectivity index (χ1) is 8.32. The smallest absolute Gasteiger partial charge is 0.124 e. The maximum atomic E-state index is 13.1. The Morgan fingerprint density at radius 2 is 2.00 bits per heavy atom. The van der Waals surface area contributed by atoms with Crippen LogP contribution in [0, 0.1) is 5.82 Å². The minimum Gasteiger partial charge on any atom is -0.311 e. The second-order valence-electron chi connectivity index (χ2n) is 6.36. The fraction of sp³-hybridized carbons (Fsp3) is 0.600. The van der Waals surface area contributed by atoms with E-state index in [4.69, 9.17) is 11.6 Å². The van der Waals surface area contributed by atoms with Gasteiger partial charge in [-0.25, -0.2) is 4.39 Å². The summed E-state index contributed by atoms with van der Waals surface area (Å²) >= 11 is 6.21. The largest absolute Gasteiger partial charge is 0.311 e. The lowest BCUT2D eigenvalue weighted by Crippen LogP contribution is -2.49. The first kappa shape index (κ1) is 13.8.